The maximum absolute atomic E-state index is 12.2. The number of fused-ring (bicyclic) bond motifs is 1. The van der Waals surface area contributed by atoms with Crippen LogP contribution in [-0.2, 0) is 17.4 Å². The zero-order valence-electron chi connectivity index (χ0n) is 17.2. The lowest BCUT2D eigenvalue weighted by Gasteiger charge is -2.25. The molecule has 8 heteroatoms. The Labute approximate surface area is 183 Å². The van der Waals surface area contributed by atoms with E-state index < -0.39 is 11.5 Å². The number of carbonyl (C=O) groups is 1. The van der Waals surface area contributed by atoms with Crippen molar-refractivity contribution in [2.45, 2.75) is 5.60 Å². The van der Waals surface area contributed by atoms with Crippen LogP contribution < -0.4 is 5.73 Å². The van der Waals surface area contributed by atoms with Crippen LogP contribution in [-0.4, -0.2) is 35.7 Å². The largest absolute Gasteiger partial charge is 0.372 e. The normalized spacial score (nSPS) is 13.2. The van der Waals surface area contributed by atoms with Gasteiger partial charge in [0.1, 0.15) is 12.0 Å². The van der Waals surface area contributed by atoms with Crippen molar-refractivity contribution in [3.8, 4) is 22.5 Å². The molecule has 1 atom stereocenters. The minimum Gasteiger partial charge on any atom is -0.372 e. The SMILES string of the molecule is Cn1cc(-c2cc3c(-c4ccc(C(O)(C(N)=O)c5ccccc5)cc4)ncnc3[nH]2)cn1. The number of amides is 1. The molecule has 8 nitrogen and oxygen atoms in total. The summed E-state index contributed by atoms with van der Waals surface area (Å²) in [5, 5.41) is 16.3. The number of primary amides is 1. The Kier molecular flexibility index (Phi) is 4.57. The maximum Gasteiger partial charge on any atom is 0.258 e. The molecule has 4 N–H and O–H groups in total. The molecular formula is C24H20N6O2. The molecule has 0 bridgehead atoms. The highest BCUT2D eigenvalue weighted by Crippen LogP contribution is 2.33. The second-order valence-electron chi connectivity index (χ2n) is 7.59. The minimum atomic E-state index is -1.93. The molecule has 3 aromatic heterocycles. The fourth-order valence-electron chi connectivity index (χ4n) is 3.89. The molecule has 0 saturated carbocycles. The number of nitrogens with one attached hydrogen (secondary N) is 1. The lowest BCUT2D eigenvalue weighted by molar-refractivity contribution is -0.133. The van der Waals surface area contributed by atoms with Crippen molar-refractivity contribution in [2.75, 3.05) is 0 Å². The Morgan fingerprint density at radius 3 is 2.41 bits per heavy atom. The summed E-state index contributed by atoms with van der Waals surface area (Å²) in [4.78, 5) is 24.3. The van der Waals surface area contributed by atoms with Crippen LogP contribution in [0, 0.1) is 0 Å². The number of hydrogen-bond donors (Lipinski definition) is 3. The minimum absolute atomic E-state index is 0.385. The Hall–Kier alpha value is -4.30. The Balaban J connectivity index is 1.57. The van der Waals surface area contributed by atoms with Crippen molar-refractivity contribution >= 4 is 16.9 Å². The lowest BCUT2D eigenvalue weighted by atomic mass is 9.85. The van der Waals surface area contributed by atoms with Gasteiger partial charge in [0.25, 0.3) is 5.91 Å². The molecule has 1 amide bonds. The predicted molar refractivity (Wildman–Crippen MR) is 120 cm³/mol. The molecule has 0 aliphatic rings. The molecule has 1 unspecified atom stereocenters. The second-order valence-corrected chi connectivity index (χ2v) is 7.59. The topological polar surface area (TPSA) is 123 Å². The first-order valence-electron chi connectivity index (χ1n) is 9.98. The molecule has 0 aliphatic heterocycles. The highest BCUT2D eigenvalue weighted by atomic mass is 16.3. The van der Waals surface area contributed by atoms with E-state index in [1.807, 2.05) is 37.5 Å². The van der Waals surface area contributed by atoms with Gasteiger partial charge in [0.15, 0.2) is 5.60 Å². The summed E-state index contributed by atoms with van der Waals surface area (Å²) in [6.45, 7) is 0. The first kappa shape index (κ1) is 19.7. The summed E-state index contributed by atoms with van der Waals surface area (Å²) in [6, 6.07) is 17.6. The molecule has 3 heterocycles. The molecular weight excluding hydrogens is 404 g/mol. The van der Waals surface area contributed by atoms with E-state index in [-0.39, 0.29) is 0 Å². The zero-order chi connectivity index (χ0) is 22.3. The quantitative estimate of drug-likeness (QED) is 0.400. The molecule has 2 aromatic carbocycles. The summed E-state index contributed by atoms with van der Waals surface area (Å²) >= 11 is 0. The molecule has 0 saturated heterocycles. The van der Waals surface area contributed by atoms with Crippen LogP contribution in [0.25, 0.3) is 33.5 Å². The Bertz CT molecular complexity index is 1420. The highest BCUT2D eigenvalue weighted by Gasteiger charge is 2.38. The number of rotatable bonds is 5. The van der Waals surface area contributed by atoms with E-state index >= 15 is 0 Å². The number of carbonyl (C=O) groups excluding carboxylic acids is 1. The van der Waals surface area contributed by atoms with E-state index in [1.165, 1.54) is 6.33 Å². The maximum atomic E-state index is 12.2. The Morgan fingerprint density at radius 2 is 1.75 bits per heavy atom. The first-order valence-corrected chi connectivity index (χ1v) is 9.98. The zero-order valence-corrected chi connectivity index (χ0v) is 17.2. The number of benzene rings is 2. The van der Waals surface area contributed by atoms with E-state index in [2.05, 4.69) is 20.1 Å². The molecule has 0 fully saturated rings. The van der Waals surface area contributed by atoms with E-state index in [4.69, 9.17) is 5.73 Å². The standard InChI is InChI=1S/C24H20N6O2/c1-30-13-16(12-28-30)20-11-19-21(26-14-27-22(19)29-20)15-7-9-18(10-8-15)24(32,23(25)31)17-5-3-2-4-6-17/h2-14,32H,1H3,(H2,25,31)(H,26,27,29). The lowest BCUT2D eigenvalue weighted by Crippen LogP contribution is -2.42. The van der Waals surface area contributed by atoms with Gasteiger partial charge in [-0.15, -0.1) is 0 Å². The van der Waals surface area contributed by atoms with Crippen LogP contribution in [0.5, 0.6) is 0 Å². The van der Waals surface area contributed by atoms with Gasteiger partial charge in [-0.25, -0.2) is 9.97 Å². The van der Waals surface area contributed by atoms with E-state index in [9.17, 15) is 9.90 Å². The summed E-state index contributed by atoms with van der Waals surface area (Å²) in [7, 11) is 1.86. The summed E-state index contributed by atoms with van der Waals surface area (Å²) < 4.78 is 1.73. The summed E-state index contributed by atoms with van der Waals surface area (Å²) in [5.74, 6) is -0.840. The van der Waals surface area contributed by atoms with Gasteiger partial charge in [-0.3, -0.25) is 9.48 Å². The van der Waals surface area contributed by atoms with Gasteiger partial charge in [0.2, 0.25) is 0 Å². The number of H-pyrrole nitrogens is 1. The highest BCUT2D eigenvalue weighted by molar-refractivity contribution is 5.94. The van der Waals surface area contributed by atoms with Crippen molar-refractivity contribution in [3.05, 3.63) is 90.5 Å². The Morgan fingerprint density at radius 1 is 1.03 bits per heavy atom. The van der Waals surface area contributed by atoms with Crippen molar-refractivity contribution in [1.82, 2.24) is 24.7 Å². The molecule has 0 spiro atoms. The molecule has 0 radical (unpaired) electrons. The fraction of sp³-hybridized carbons (Fsp3) is 0.0833. The second kappa shape index (κ2) is 7.44. The van der Waals surface area contributed by atoms with Gasteiger partial charge in [-0.2, -0.15) is 5.10 Å². The van der Waals surface area contributed by atoms with Crippen molar-refractivity contribution in [1.29, 1.82) is 0 Å². The van der Waals surface area contributed by atoms with Crippen LogP contribution in [0.2, 0.25) is 0 Å². The number of nitrogens with two attached hydrogens (primary N) is 1. The number of aromatic amines is 1. The number of aromatic nitrogens is 5. The van der Waals surface area contributed by atoms with Gasteiger partial charge < -0.3 is 15.8 Å². The molecule has 32 heavy (non-hydrogen) atoms. The predicted octanol–water partition coefficient (Wildman–Crippen LogP) is 2.75. The van der Waals surface area contributed by atoms with Gasteiger partial charge >= 0.3 is 0 Å². The average molecular weight is 424 g/mol. The third-order valence-corrected chi connectivity index (χ3v) is 5.57. The molecule has 158 valence electrons. The monoisotopic (exact) mass is 424 g/mol. The number of hydrogen-bond acceptors (Lipinski definition) is 5. The summed E-state index contributed by atoms with van der Waals surface area (Å²) in [5.41, 5.74) is 8.55. The van der Waals surface area contributed by atoms with Crippen LogP contribution in [0.15, 0.2) is 79.4 Å². The molecule has 5 aromatic rings. The van der Waals surface area contributed by atoms with E-state index in [0.717, 1.165) is 27.9 Å². The van der Waals surface area contributed by atoms with Crippen molar-refractivity contribution < 1.29 is 9.90 Å². The van der Waals surface area contributed by atoms with Gasteiger partial charge in [-0.05, 0) is 17.2 Å². The van der Waals surface area contributed by atoms with E-state index in [1.54, 1.807) is 47.3 Å². The van der Waals surface area contributed by atoms with Crippen LogP contribution in [0.4, 0.5) is 0 Å². The summed E-state index contributed by atoms with van der Waals surface area (Å²) in [6.07, 6.45) is 5.19. The van der Waals surface area contributed by atoms with Crippen LogP contribution in [0.1, 0.15) is 11.1 Å². The third kappa shape index (κ3) is 3.14. The van der Waals surface area contributed by atoms with Crippen molar-refractivity contribution in [2.24, 2.45) is 12.8 Å². The third-order valence-electron chi connectivity index (χ3n) is 5.57. The number of aliphatic hydroxyl groups is 1. The van der Waals surface area contributed by atoms with Crippen LogP contribution in [0.3, 0.4) is 0 Å². The van der Waals surface area contributed by atoms with Gasteiger partial charge in [0, 0.05) is 29.8 Å². The van der Waals surface area contributed by atoms with Gasteiger partial charge in [0.05, 0.1) is 17.6 Å². The van der Waals surface area contributed by atoms with E-state index in [0.29, 0.717) is 16.8 Å². The number of nitrogens with zero attached hydrogens (tertiary/aromatic N) is 4. The van der Waals surface area contributed by atoms with Crippen molar-refractivity contribution in [3.63, 3.8) is 0 Å². The number of aryl methyl sites for hydroxylation is 1. The molecule has 0 aliphatic carbocycles. The van der Waals surface area contributed by atoms with Crippen LogP contribution >= 0.6 is 0 Å². The smallest absolute Gasteiger partial charge is 0.258 e. The first-order chi connectivity index (χ1) is 15.5. The van der Waals surface area contributed by atoms with Gasteiger partial charge in [-0.1, -0.05) is 54.6 Å². The fourth-order valence-corrected chi connectivity index (χ4v) is 3.89. The average Bonchev–Trinajstić information content (AvgIpc) is 3.45. The molecule has 5 rings (SSSR count).